The van der Waals surface area contributed by atoms with E-state index in [0.717, 1.165) is 12.0 Å². The smallest absolute Gasteiger partial charge is 0.348 e. The number of carboxylic acids is 1. The summed E-state index contributed by atoms with van der Waals surface area (Å²) in [5, 5.41) is 9.76. The van der Waals surface area contributed by atoms with Crippen LogP contribution in [0.15, 0.2) is 97.4 Å². The minimum atomic E-state index is -1.40. The Bertz CT molecular complexity index is 1190. The molecule has 1 fully saturated rings. The van der Waals surface area contributed by atoms with Crippen LogP contribution in [0.3, 0.4) is 0 Å². The van der Waals surface area contributed by atoms with E-state index in [1.807, 2.05) is 82.1 Å². The number of nitrogens with zero attached hydrogens (tertiary/aromatic N) is 2. The first kappa shape index (κ1) is 37.3. The van der Waals surface area contributed by atoms with Crippen LogP contribution in [-0.4, -0.2) is 70.2 Å². The lowest BCUT2D eigenvalue weighted by molar-refractivity contribution is -0.158. The van der Waals surface area contributed by atoms with Crippen LogP contribution in [0.25, 0.3) is 0 Å². The first-order valence-corrected chi connectivity index (χ1v) is 14.9. The van der Waals surface area contributed by atoms with Crippen molar-refractivity contribution in [3.8, 4) is 5.75 Å². The zero-order valence-electron chi connectivity index (χ0n) is 26.8. The van der Waals surface area contributed by atoms with Gasteiger partial charge in [-0.3, -0.25) is 0 Å². The average Bonchev–Trinajstić information content (AvgIpc) is 3.25. The van der Waals surface area contributed by atoms with Gasteiger partial charge in [0.15, 0.2) is 0 Å². The number of hydrogen-bond acceptors (Lipinski definition) is 4. The number of halogens is 1. The summed E-state index contributed by atoms with van der Waals surface area (Å²) in [4.78, 5) is 27.8. The molecule has 0 bridgehead atoms. The molecule has 0 radical (unpaired) electrons. The highest BCUT2D eigenvalue weighted by molar-refractivity contribution is 6.23. The quantitative estimate of drug-likeness (QED) is 0.0941. The maximum absolute atomic E-state index is 12.3. The summed E-state index contributed by atoms with van der Waals surface area (Å²) in [5.41, 5.74) is 0.600. The largest absolute Gasteiger partial charge is 0.494 e. The molecule has 1 aliphatic rings. The lowest BCUT2D eigenvalue weighted by Gasteiger charge is -2.27. The molecule has 2 rings (SSSR count). The molecule has 0 spiro atoms. The van der Waals surface area contributed by atoms with Gasteiger partial charge in [0.2, 0.25) is 5.60 Å². The Morgan fingerprint density at radius 1 is 1.16 bits per heavy atom. The highest BCUT2D eigenvalue weighted by Crippen LogP contribution is 2.24. The fourth-order valence-corrected chi connectivity index (χ4v) is 4.42. The molecule has 8 heteroatoms. The van der Waals surface area contributed by atoms with Crippen LogP contribution in [0.2, 0.25) is 0 Å². The number of urea groups is 1. The van der Waals surface area contributed by atoms with Gasteiger partial charge in [0.05, 0.1) is 23.8 Å². The maximum Gasteiger partial charge on any atom is 0.348 e. The summed E-state index contributed by atoms with van der Waals surface area (Å²) < 4.78 is 11.6. The van der Waals surface area contributed by atoms with Crippen molar-refractivity contribution >= 4 is 23.6 Å². The molecule has 1 N–H and O–H groups in total. The second kappa shape index (κ2) is 18.7. The van der Waals surface area contributed by atoms with Crippen LogP contribution in [0.5, 0.6) is 5.75 Å². The third-order valence-electron chi connectivity index (χ3n) is 7.03. The number of rotatable bonds is 15. The van der Waals surface area contributed by atoms with E-state index in [1.165, 1.54) is 5.57 Å². The van der Waals surface area contributed by atoms with E-state index in [1.54, 1.807) is 49.1 Å². The van der Waals surface area contributed by atoms with E-state index in [9.17, 15) is 14.7 Å². The van der Waals surface area contributed by atoms with Gasteiger partial charge in [-0.15, -0.1) is 11.6 Å². The average molecular weight is 613 g/mol. The Morgan fingerprint density at radius 3 is 2.30 bits per heavy atom. The van der Waals surface area contributed by atoms with Gasteiger partial charge in [0.25, 0.3) is 0 Å². The van der Waals surface area contributed by atoms with Crippen molar-refractivity contribution in [1.29, 1.82) is 0 Å². The number of carboxylic acid groups (broad SMARTS) is 1. The van der Waals surface area contributed by atoms with Crippen molar-refractivity contribution in [3.63, 3.8) is 0 Å². The third-order valence-corrected chi connectivity index (χ3v) is 7.52. The van der Waals surface area contributed by atoms with E-state index < -0.39 is 11.6 Å². The van der Waals surface area contributed by atoms with E-state index in [-0.39, 0.29) is 29.9 Å². The number of alkyl halides is 1. The van der Waals surface area contributed by atoms with Crippen molar-refractivity contribution in [2.24, 2.45) is 0 Å². The number of ether oxygens (including phenoxy) is 2. The summed E-state index contributed by atoms with van der Waals surface area (Å²) >= 11 is 5.91. The predicted molar refractivity (Wildman–Crippen MR) is 178 cm³/mol. The van der Waals surface area contributed by atoms with Gasteiger partial charge in [-0.25, -0.2) is 9.59 Å². The van der Waals surface area contributed by atoms with Gasteiger partial charge in [-0.2, -0.15) is 0 Å². The van der Waals surface area contributed by atoms with Gasteiger partial charge in [-0.1, -0.05) is 73.4 Å². The van der Waals surface area contributed by atoms with Crippen LogP contribution in [0, 0.1) is 0 Å². The van der Waals surface area contributed by atoms with Crippen LogP contribution in [-0.2, 0) is 16.0 Å². The van der Waals surface area contributed by atoms with Crippen LogP contribution < -0.4 is 4.74 Å². The van der Waals surface area contributed by atoms with Gasteiger partial charge < -0.3 is 24.4 Å². The minimum Gasteiger partial charge on any atom is -0.494 e. The first-order valence-electron chi connectivity index (χ1n) is 14.5. The zero-order valence-corrected chi connectivity index (χ0v) is 27.5. The standard InChI is InChI=1S/C26H36N2O5.C9H13Cl/c1-7-8-9-10-20(4)33-26(5,24(29)30)17-21-11-13-23(14-12-21)32-16-15-22-18-28(19(2)3)25(31)27(22)6;1-4-6-7-9(10)8(3)5-2/h7-14,19,22H,1,15-18H2,2-6H3,(H,29,30);4-7,9H,1H2,2-3H3/b9-8-,20-10+;7-6?,8-5-/t22-,26-;/m0./s1. The number of aliphatic carboxylic acids is 1. The van der Waals surface area contributed by atoms with E-state index >= 15 is 0 Å². The predicted octanol–water partition coefficient (Wildman–Crippen LogP) is 7.95. The molecule has 7 nitrogen and oxygen atoms in total. The summed E-state index contributed by atoms with van der Waals surface area (Å²) in [5.74, 6) is 0.174. The Hall–Kier alpha value is -3.71. The van der Waals surface area contributed by atoms with Crippen molar-refractivity contribution < 1.29 is 24.2 Å². The molecule has 1 saturated heterocycles. The van der Waals surface area contributed by atoms with Crippen LogP contribution in [0.4, 0.5) is 4.79 Å². The Balaban J connectivity index is 0.000000790. The number of carbonyl (C=O) groups excluding carboxylic acids is 1. The molecule has 1 aromatic carbocycles. The van der Waals surface area contributed by atoms with Crippen LogP contribution >= 0.6 is 11.6 Å². The molecular weight excluding hydrogens is 564 g/mol. The molecule has 0 aliphatic carbocycles. The molecule has 43 heavy (non-hydrogen) atoms. The zero-order chi connectivity index (χ0) is 32.6. The normalized spacial score (nSPS) is 18.0. The lowest BCUT2D eigenvalue weighted by atomic mass is 9.96. The maximum atomic E-state index is 12.3. The molecule has 3 atom stereocenters. The fourth-order valence-electron chi connectivity index (χ4n) is 4.21. The summed E-state index contributed by atoms with van der Waals surface area (Å²) in [6, 6.07) is 7.73. The second-order valence-electron chi connectivity index (χ2n) is 10.8. The molecule has 1 heterocycles. The number of carbonyl (C=O) groups is 2. The van der Waals surface area contributed by atoms with Gasteiger partial charge >= 0.3 is 12.0 Å². The van der Waals surface area contributed by atoms with Crippen molar-refractivity contribution in [3.05, 3.63) is 103 Å². The number of allylic oxidation sites excluding steroid dienone is 10. The summed E-state index contributed by atoms with van der Waals surface area (Å²) in [6.45, 7) is 19.7. The lowest BCUT2D eigenvalue weighted by Crippen LogP contribution is -2.40. The Morgan fingerprint density at radius 2 is 1.79 bits per heavy atom. The monoisotopic (exact) mass is 612 g/mol. The second-order valence-corrected chi connectivity index (χ2v) is 11.3. The summed E-state index contributed by atoms with van der Waals surface area (Å²) in [6.07, 6.45) is 15.3. The molecule has 2 amide bonds. The van der Waals surface area contributed by atoms with Crippen LogP contribution in [0.1, 0.15) is 53.5 Å². The fraction of sp³-hybridized carbons (Fsp3) is 0.429. The topological polar surface area (TPSA) is 79.3 Å². The first-order chi connectivity index (χ1) is 20.3. The van der Waals surface area contributed by atoms with E-state index in [4.69, 9.17) is 21.1 Å². The Kier molecular flexibility index (Phi) is 16.3. The Labute approximate surface area is 263 Å². The molecular formula is C35H49ClN2O5. The minimum absolute atomic E-state index is 0.0167. The molecule has 0 saturated carbocycles. The van der Waals surface area contributed by atoms with Crippen molar-refractivity contribution in [1.82, 2.24) is 9.80 Å². The van der Waals surface area contributed by atoms with E-state index in [0.29, 0.717) is 24.7 Å². The third kappa shape index (κ3) is 12.6. The number of benzene rings is 1. The molecule has 1 aromatic rings. The highest BCUT2D eigenvalue weighted by Gasteiger charge is 2.36. The molecule has 1 aliphatic heterocycles. The molecule has 0 aromatic heterocycles. The van der Waals surface area contributed by atoms with Crippen molar-refractivity contribution in [2.75, 3.05) is 20.2 Å². The highest BCUT2D eigenvalue weighted by atomic mass is 35.5. The van der Waals surface area contributed by atoms with Gasteiger partial charge in [0.1, 0.15) is 5.75 Å². The number of hydrogen-bond donors (Lipinski definition) is 1. The van der Waals surface area contributed by atoms with Gasteiger partial charge in [0, 0.05) is 32.5 Å². The molecule has 236 valence electrons. The molecule has 1 unspecified atom stereocenters. The number of likely N-dealkylation sites (N-methyl/N-ethyl adjacent to an activating group) is 1. The SMILES string of the molecule is C=C/C=C\C=C(/C)O[C@@](C)(Cc1ccc(OCC[C@H]2CN(C(C)C)C(=O)N2C)cc1)C(=O)O.C=CC=CC(Cl)/C(C)=C\C. The number of amides is 2. The van der Waals surface area contributed by atoms with Gasteiger partial charge in [-0.05, 0) is 65.3 Å². The van der Waals surface area contributed by atoms with E-state index in [2.05, 4.69) is 13.2 Å². The van der Waals surface area contributed by atoms with Crippen molar-refractivity contribution in [2.45, 2.75) is 77.4 Å². The summed E-state index contributed by atoms with van der Waals surface area (Å²) in [7, 11) is 1.83.